The van der Waals surface area contributed by atoms with Crippen LogP contribution in [0.5, 0.6) is 5.75 Å². The number of urea groups is 1. The van der Waals surface area contributed by atoms with E-state index in [4.69, 9.17) is 10.4 Å². The van der Waals surface area contributed by atoms with Gasteiger partial charge in [0.15, 0.2) is 0 Å². The number of aromatic hydroxyl groups is 1. The Labute approximate surface area is 143 Å². The van der Waals surface area contributed by atoms with Crippen LogP contribution in [0.15, 0.2) is 48.5 Å². The maximum Gasteiger partial charge on any atom is 0.321 e. The Balaban J connectivity index is 0.000000272. The van der Waals surface area contributed by atoms with Crippen LogP contribution in [0, 0.1) is 11.3 Å². The van der Waals surface area contributed by atoms with E-state index in [0.29, 0.717) is 11.5 Å². The highest BCUT2D eigenvalue weighted by molar-refractivity contribution is 5.88. The van der Waals surface area contributed by atoms with E-state index in [9.17, 15) is 4.79 Å². The van der Waals surface area contributed by atoms with E-state index in [0.717, 1.165) is 5.69 Å². The number of hydrogen-bond acceptors (Lipinski definition) is 3. The number of hydrogen-bond donors (Lipinski definition) is 2. The molecule has 0 spiro atoms. The lowest BCUT2D eigenvalue weighted by Gasteiger charge is -2.12. The average molecular weight is 325 g/mol. The van der Waals surface area contributed by atoms with Crippen molar-refractivity contribution in [2.75, 3.05) is 19.4 Å². The second-order valence-electron chi connectivity index (χ2n) is 5.76. The second-order valence-corrected chi connectivity index (χ2v) is 5.76. The first-order valence-corrected chi connectivity index (χ1v) is 7.61. The van der Waals surface area contributed by atoms with Gasteiger partial charge in [0, 0.05) is 19.8 Å². The molecule has 5 nitrogen and oxygen atoms in total. The monoisotopic (exact) mass is 325 g/mol. The molecule has 24 heavy (non-hydrogen) atoms. The van der Waals surface area contributed by atoms with E-state index in [2.05, 4.69) is 19.2 Å². The van der Waals surface area contributed by atoms with Crippen molar-refractivity contribution in [2.24, 2.45) is 0 Å². The summed E-state index contributed by atoms with van der Waals surface area (Å²) < 4.78 is 0. The summed E-state index contributed by atoms with van der Waals surface area (Å²) in [5, 5.41) is 19.8. The van der Waals surface area contributed by atoms with E-state index in [-0.39, 0.29) is 11.8 Å². The minimum Gasteiger partial charge on any atom is -0.508 e. The lowest BCUT2D eigenvalue weighted by atomic mass is 10.0. The van der Waals surface area contributed by atoms with Crippen molar-refractivity contribution in [1.29, 1.82) is 5.26 Å². The van der Waals surface area contributed by atoms with E-state index >= 15 is 0 Å². The van der Waals surface area contributed by atoms with E-state index in [1.807, 2.05) is 30.3 Å². The average Bonchev–Trinajstić information content (AvgIpc) is 2.56. The van der Waals surface area contributed by atoms with Crippen molar-refractivity contribution in [3.63, 3.8) is 0 Å². The van der Waals surface area contributed by atoms with Crippen molar-refractivity contribution in [2.45, 2.75) is 19.8 Å². The number of rotatable bonds is 2. The van der Waals surface area contributed by atoms with E-state index in [1.165, 1.54) is 22.6 Å². The predicted octanol–water partition coefficient (Wildman–Crippen LogP) is 4.17. The van der Waals surface area contributed by atoms with Crippen LogP contribution in [-0.2, 0) is 0 Å². The third-order valence-electron chi connectivity index (χ3n) is 3.23. The summed E-state index contributed by atoms with van der Waals surface area (Å²) in [5.41, 5.74) is 2.67. The largest absolute Gasteiger partial charge is 0.508 e. The lowest BCUT2D eigenvalue weighted by Crippen LogP contribution is -2.27. The first kappa shape index (κ1) is 19.0. The van der Waals surface area contributed by atoms with Gasteiger partial charge in [0.1, 0.15) is 5.75 Å². The molecule has 0 aliphatic rings. The van der Waals surface area contributed by atoms with Crippen molar-refractivity contribution in [3.05, 3.63) is 59.7 Å². The predicted molar refractivity (Wildman–Crippen MR) is 96.1 cm³/mol. The number of phenols is 1. The van der Waals surface area contributed by atoms with Gasteiger partial charge < -0.3 is 15.3 Å². The maximum atomic E-state index is 11.3. The number of carbonyl (C=O) groups excluding carboxylic acids is 1. The van der Waals surface area contributed by atoms with Crippen LogP contribution in [-0.4, -0.2) is 30.1 Å². The molecule has 2 N–H and O–H groups in total. The highest BCUT2D eigenvalue weighted by Gasteiger charge is 2.04. The molecule has 2 aromatic carbocycles. The molecule has 0 bridgehead atoms. The van der Waals surface area contributed by atoms with Crippen LogP contribution in [0.25, 0.3) is 0 Å². The molecule has 126 valence electrons. The lowest BCUT2D eigenvalue weighted by molar-refractivity contribution is 0.230. The number of anilines is 1. The molecule has 0 aliphatic heterocycles. The van der Waals surface area contributed by atoms with Crippen LogP contribution in [0.3, 0.4) is 0 Å². The summed E-state index contributed by atoms with van der Waals surface area (Å²) in [7, 11) is 3.44. The molecule has 0 radical (unpaired) electrons. The Hall–Kier alpha value is -3.00. The molecule has 5 heteroatoms. The number of nitrogens with one attached hydrogen (secondary N) is 1. The van der Waals surface area contributed by atoms with Crippen molar-refractivity contribution in [3.8, 4) is 11.8 Å². The van der Waals surface area contributed by atoms with Gasteiger partial charge in [0.05, 0.1) is 11.6 Å². The standard InChI is InChI=1S/C12H18N2O.C7H5NO/c1-9(2)10-5-7-11(8-6-10)13-12(15)14(3)4;8-5-6-1-3-7(9)4-2-6/h5-9H,1-4H3,(H,13,15);1-4,9H. The summed E-state index contributed by atoms with van der Waals surface area (Å²) in [4.78, 5) is 12.9. The molecule has 0 atom stereocenters. The summed E-state index contributed by atoms with van der Waals surface area (Å²) in [6.07, 6.45) is 0. The topological polar surface area (TPSA) is 76.4 Å². The Bertz CT molecular complexity index is 684. The quantitative estimate of drug-likeness (QED) is 0.870. The number of phenolic OH excluding ortho intramolecular Hbond substituents is 1. The molecule has 0 aromatic heterocycles. The highest BCUT2D eigenvalue weighted by atomic mass is 16.3. The fourth-order valence-electron chi connectivity index (χ4n) is 1.72. The third-order valence-corrected chi connectivity index (χ3v) is 3.23. The Morgan fingerprint density at radius 2 is 1.62 bits per heavy atom. The summed E-state index contributed by atoms with van der Waals surface area (Å²) in [5.74, 6) is 0.706. The Morgan fingerprint density at radius 1 is 1.08 bits per heavy atom. The zero-order valence-electron chi connectivity index (χ0n) is 14.4. The zero-order chi connectivity index (χ0) is 18.1. The van der Waals surface area contributed by atoms with Gasteiger partial charge in [-0.15, -0.1) is 0 Å². The van der Waals surface area contributed by atoms with Crippen molar-refractivity contribution in [1.82, 2.24) is 4.90 Å². The van der Waals surface area contributed by atoms with Gasteiger partial charge in [-0.25, -0.2) is 4.79 Å². The van der Waals surface area contributed by atoms with Gasteiger partial charge >= 0.3 is 6.03 Å². The zero-order valence-corrected chi connectivity index (χ0v) is 14.4. The van der Waals surface area contributed by atoms with Crippen LogP contribution < -0.4 is 5.32 Å². The highest BCUT2D eigenvalue weighted by Crippen LogP contribution is 2.17. The van der Waals surface area contributed by atoms with Gasteiger partial charge in [-0.05, 0) is 47.9 Å². The normalized spacial score (nSPS) is 9.50. The molecule has 2 aromatic rings. The minimum absolute atomic E-state index is 0.104. The molecule has 2 rings (SSSR count). The summed E-state index contributed by atoms with van der Waals surface area (Å²) >= 11 is 0. The molecule has 0 aliphatic carbocycles. The first-order chi connectivity index (χ1) is 11.3. The number of nitriles is 1. The smallest absolute Gasteiger partial charge is 0.321 e. The number of amides is 2. The van der Waals surface area contributed by atoms with Gasteiger partial charge in [0.2, 0.25) is 0 Å². The molecule has 2 amide bonds. The summed E-state index contributed by atoms with van der Waals surface area (Å²) in [6.45, 7) is 4.29. The molecular weight excluding hydrogens is 302 g/mol. The molecule has 0 saturated carbocycles. The van der Waals surface area contributed by atoms with Crippen molar-refractivity contribution < 1.29 is 9.90 Å². The second kappa shape index (κ2) is 9.21. The molecule has 0 unspecified atom stereocenters. The van der Waals surface area contributed by atoms with Gasteiger partial charge in [-0.1, -0.05) is 26.0 Å². The van der Waals surface area contributed by atoms with Crippen LogP contribution in [0.2, 0.25) is 0 Å². The van der Waals surface area contributed by atoms with Gasteiger partial charge in [-0.3, -0.25) is 0 Å². The van der Waals surface area contributed by atoms with Crippen LogP contribution >= 0.6 is 0 Å². The van der Waals surface area contributed by atoms with Gasteiger partial charge in [-0.2, -0.15) is 5.26 Å². The first-order valence-electron chi connectivity index (χ1n) is 7.61. The van der Waals surface area contributed by atoms with Crippen LogP contribution in [0.1, 0.15) is 30.9 Å². The molecule has 0 fully saturated rings. The molecule has 0 saturated heterocycles. The molecular formula is C19H23N3O2. The summed E-state index contributed by atoms with van der Waals surface area (Å²) in [6, 6.07) is 15.9. The van der Waals surface area contributed by atoms with E-state index in [1.54, 1.807) is 26.2 Å². The fraction of sp³-hybridized carbons (Fsp3) is 0.263. The third kappa shape index (κ3) is 6.41. The minimum atomic E-state index is -0.104. The van der Waals surface area contributed by atoms with Crippen LogP contribution in [0.4, 0.5) is 10.5 Å². The number of nitrogens with zero attached hydrogens (tertiary/aromatic N) is 2. The van der Waals surface area contributed by atoms with E-state index < -0.39 is 0 Å². The Kier molecular flexibility index (Phi) is 7.31. The fourth-order valence-corrected chi connectivity index (χ4v) is 1.72. The van der Waals surface area contributed by atoms with Crippen molar-refractivity contribution >= 4 is 11.7 Å². The molecule has 0 heterocycles. The SMILES string of the molecule is CC(C)c1ccc(NC(=O)N(C)C)cc1.N#Cc1ccc(O)cc1. The maximum absolute atomic E-state index is 11.3. The number of benzene rings is 2. The Morgan fingerprint density at radius 3 is 2.04 bits per heavy atom. The van der Waals surface area contributed by atoms with Gasteiger partial charge in [0.25, 0.3) is 0 Å². The number of carbonyl (C=O) groups is 1.